The van der Waals surface area contributed by atoms with Crippen molar-refractivity contribution in [2.75, 3.05) is 0 Å². The van der Waals surface area contributed by atoms with E-state index in [0.29, 0.717) is 11.1 Å². The Labute approximate surface area is 118 Å². The van der Waals surface area contributed by atoms with E-state index in [0.717, 1.165) is 4.47 Å². The van der Waals surface area contributed by atoms with E-state index in [9.17, 15) is 9.18 Å². The molecule has 0 fully saturated rings. The first-order chi connectivity index (χ1) is 8.56. The molecule has 0 heterocycles. The molecule has 0 aliphatic heterocycles. The smallest absolute Gasteiger partial charge is 0.167 e. The minimum atomic E-state index is -0.403. The molecule has 1 nitrogen and oxygen atoms in total. The maximum Gasteiger partial charge on any atom is 0.167 e. The van der Waals surface area contributed by atoms with Crippen molar-refractivity contribution in [2.45, 2.75) is 6.42 Å². The van der Waals surface area contributed by atoms with E-state index < -0.39 is 5.82 Å². The van der Waals surface area contributed by atoms with Gasteiger partial charge in [-0.1, -0.05) is 45.7 Å². The predicted molar refractivity (Wildman–Crippen MR) is 73.6 cm³/mol. The van der Waals surface area contributed by atoms with Crippen molar-refractivity contribution in [1.82, 2.24) is 0 Å². The summed E-state index contributed by atoms with van der Waals surface area (Å²) in [4.78, 5) is 12.0. The number of hydrogen-bond acceptors (Lipinski definition) is 1. The highest BCUT2D eigenvalue weighted by atomic mass is 79.9. The molecule has 0 amide bonds. The molecule has 0 unspecified atom stereocenters. The molecule has 0 atom stereocenters. The van der Waals surface area contributed by atoms with Crippen molar-refractivity contribution in [3.63, 3.8) is 0 Å². The van der Waals surface area contributed by atoms with E-state index in [2.05, 4.69) is 15.9 Å². The minimum absolute atomic E-state index is 0.0454. The fourth-order valence-electron chi connectivity index (χ4n) is 1.58. The first kappa shape index (κ1) is 13.2. The SMILES string of the molecule is O=C(Cc1ccc(F)cc1Cl)c1ccc(Br)cc1. The summed E-state index contributed by atoms with van der Waals surface area (Å²) in [6, 6.07) is 11.1. The second-order valence-electron chi connectivity index (χ2n) is 3.84. The maximum absolute atomic E-state index is 12.9. The highest BCUT2D eigenvalue weighted by Gasteiger charge is 2.10. The summed E-state index contributed by atoms with van der Waals surface area (Å²) in [5, 5.41) is 0.278. The molecule has 2 aromatic carbocycles. The van der Waals surface area contributed by atoms with Crippen LogP contribution in [0.1, 0.15) is 15.9 Å². The van der Waals surface area contributed by atoms with Crippen LogP contribution in [-0.4, -0.2) is 5.78 Å². The number of carbonyl (C=O) groups is 1. The summed E-state index contributed by atoms with van der Waals surface area (Å²) < 4.78 is 13.8. The molecule has 92 valence electrons. The predicted octanol–water partition coefficient (Wildman–Crippen LogP) is 4.67. The zero-order chi connectivity index (χ0) is 13.1. The van der Waals surface area contributed by atoms with E-state index in [1.807, 2.05) is 0 Å². The third kappa shape index (κ3) is 3.18. The Balaban J connectivity index is 2.18. The summed E-state index contributed by atoms with van der Waals surface area (Å²) in [5.74, 6) is -0.448. The van der Waals surface area contributed by atoms with Gasteiger partial charge in [-0.3, -0.25) is 4.79 Å². The van der Waals surface area contributed by atoms with Gasteiger partial charge in [0.1, 0.15) is 5.82 Å². The van der Waals surface area contributed by atoms with Crippen LogP contribution >= 0.6 is 27.5 Å². The lowest BCUT2D eigenvalue weighted by Crippen LogP contribution is -2.04. The van der Waals surface area contributed by atoms with Crippen LogP contribution in [0.5, 0.6) is 0 Å². The van der Waals surface area contributed by atoms with Crippen LogP contribution in [0.4, 0.5) is 4.39 Å². The van der Waals surface area contributed by atoms with Gasteiger partial charge in [-0.15, -0.1) is 0 Å². The summed E-state index contributed by atoms with van der Waals surface area (Å²) in [6.45, 7) is 0. The third-order valence-corrected chi connectivity index (χ3v) is 3.41. The lowest BCUT2D eigenvalue weighted by Gasteiger charge is -2.04. The molecule has 4 heteroatoms. The molecule has 0 radical (unpaired) electrons. The fraction of sp³-hybridized carbons (Fsp3) is 0.0714. The van der Waals surface area contributed by atoms with Crippen LogP contribution in [0.25, 0.3) is 0 Å². The Morgan fingerprint density at radius 2 is 1.83 bits per heavy atom. The first-order valence-corrected chi connectivity index (χ1v) is 6.46. The van der Waals surface area contributed by atoms with E-state index >= 15 is 0 Å². The molecule has 2 aromatic rings. The lowest BCUT2D eigenvalue weighted by molar-refractivity contribution is 0.0993. The van der Waals surface area contributed by atoms with E-state index in [1.54, 1.807) is 24.3 Å². The average Bonchev–Trinajstić information content (AvgIpc) is 2.33. The molecule has 0 spiro atoms. The van der Waals surface area contributed by atoms with Crippen molar-refractivity contribution in [1.29, 1.82) is 0 Å². The zero-order valence-corrected chi connectivity index (χ0v) is 11.6. The Bertz CT molecular complexity index is 581. The summed E-state index contributed by atoms with van der Waals surface area (Å²) in [7, 11) is 0. The molecule has 0 aromatic heterocycles. The quantitative estimate of drug-likeness (QED) is 0.749. The van der Waals surface area contributed by atoms with Crippen LogP contribution in [0.15, 0.2) is 46.9 Å². The molecule has 0 saturated heterocycles. The van der Waals surface area contributed by atoms with Gasteiger partial charge in [0.05, 0.1) is 0 Å². The largest absolute Gasteiger partial charge is 0.294 e. The van der Waals surface area contributed by atoms with Crippen LogP contribution in [0.2, 0.25) is 5.02 Å². The molecular weight excluding hydrogens is 319 g/mol. The Morgan fingerprint density at radius 1 is 1.17 bits per heavy atom. The highest BCUT2D eigenvalue weighted by molar-refractivity contribution is 9.10. The highest BCUT2D eigenvalue weighted by Crippen LogP contribution is 2.20. The molecule has 0 N–H and O–H groups in total. The van der Waals surface area contributed by atoms with Crippen molar-refractivity contribution < 1.29 is 9.18 Å². The van der Waals surface area contributed by atoms with E-state index in [1.165, 1.54) is 18.2 Å². The third-order valence-electron chi connectivity index (χ3n) is 2.53. The fourth-order valence-corrected chi connectivity index (χ4v) is 2.07. The number of Topliss-reactive ketones (excluding diaryl/α,β-unsaturated/α-hetero) is 1. The van der Waals surface area contributed by atoms with Gasteiger partial charge in [-0.25, -0.2) is 4.39 Å². The molecule has 0 aliphatic rings. The Hall–Kier alpha value is -1.19. The molecular formula is C14H9BrClFO. The van der Waals surface area contributed by atoms with Crippen LogP contribution in [0, 0.1) is 5.82 Å². The first-order valence-electron chi connectivity index (χ1n) is 5.29. The maximum atomic E-state index is 12.9. The van der Waals surface area contributed by atoms with Crippen molar-refractivity contribution in [3.05, 3.63) is 68.9 Å². The van der Waals surface area contributed by atoms with Crippen molar-refractivity contribution >= 4 is 33.3 Å². The lowest BCUT2D eigenvalue weighted by atomic mass is 10.0. The second-order valence-corrected chi connectivity index (χ2v) is 5.17. The van der Waals surface area contributed by atoms with Crippen LogP contribution in [0.3, 0.4) is 0 Å². The van der Waals surface area contributed by atoms with Gasteiger partial charge in [-0.05, 0) is 29.8 Å². The van der Waals surface area contributed by atoms with Gasteiger partial charge in [0.2, 0.25) is 0 Å². The molecule has 0 bridgehead atoms. The Morgan fingerprint density at radius 3 is 2.44 bits per heavy atom. The summed E-state index contributed by atoms with van der Waals surface area (Å²) >= 11 is 9.19. The van der Waals surface area contributed by atoms with Crippen LogP contribution in [-0.2, 0) is 6.42 Å². The Kier molecular flexibility index (Phi) is 4.15. The van der Waals surface area contributed by atoms with Gasteiger partial charge in [0.15, 0.2) is 5.78 Å². The van der Waals surface area contributed by atoms with Gasteiger partial charge in [-0.2, -0.15) is 0 Å². The van der Waals surface area contributed by atoms with Gasteiger partial charge in [0, 0.05) is 21.5 Å². The molecule has 18 heavy (non-hydrogen) atoms. The number of carbonyl (C=O) groups excluding carboxylic acids is 1. The summed E-state index contributed by atoms with van der Waals surface area (Å²) in [6.07, 6.45) is 0.167. The van der Waals surface area contributed by atoms with Gasteiger partial charge >= 0.3 is 0 Å². The van der Waals surface area contributed by atoms with E-state index in [-0.39, 0.29) is 17.2 Å². The summed E-state index contributed by atoms with van der Waals surface area (Å²) in [5.41, 5.74) is 1.24. The number of halogens is 3. The zero-order valence-electron chi connectivity index (χ0n) is 9.29. The minimum Gasteiger partial charge on any atom is -0.294 e. The molecule has 0 aliphatic carbocycles. The molecule has 0 saturated carbocycles. The normalized spacial score (nSPS) is 10.4. The van der Waals surface area contributed by atoms with Gasteiger partial charge < -0.3 is 0 Å². The second kappa shape index (κ2) is 5.63. The topological polar surface area (TPSA) is 17.1 Å². The van der Waals surface area contributed by atoms with Gasteiger partial charge in [0.25, 0.3) is 0 Å². The van der Waals surface area contributed by atoms with E-state index in [4.69, 9.17) is 11.6 Å². The van der Waals surface area contributed by atoms with Crippen molar-refractivity contribution in [2.24, 2.45) is 0 Å². The standard InChI is InChI=1S/C14H9BrClFO/c15-11-4-1-9(2-5-11)14(18)7-10-3-6-12(17)8-13(10)16/h1-6,8H,7H2. The number of ketones is 1. The van der Waals surface area contributed by atoms with Crippen molar-refractivity contribution in [3.8, 4) is 0 Å². The van der Waals surface area contributed by atoms with Crippen LogP contribution < -0.4 is 0 Å². The number of benzene rings is 2. The molecule has 2 rings (SSSR count). The average molecular weight is 328 g/mol. The monoisotopic (exact) mass is 326 g/mol. The number of hydrogen-bond donors (Lipinski definition) is 0. The number of rotatable bonds is 3.